The number of fused-ring (bicyclic) bond motifs is 1. The van der Waals surface area contributed by atoms with Crippen molar-refractivity contribution < 1.29 is 4.42 Å². The summed E-state index contributed by atoms with van der Waals surface area (Å²) in [5.74, 6) is 0.190. The molecule has 1 fully saturated rings. The normalized spacial score (nSPS) is 17.2. The Morgan fingerprint density at radius 2 is 2.06 bits per heavy atom. The molecule has 0 aliphatic carbocycles. The van der Waals surface area contributed by atoms with Crippen LogP contribution in [-0.4, -0.2) is 18.1 Å². The van der Waals surface area contributed by atoms with Gasteiger partial charge in [-0.25, -0.2) is 0 Å². The van der Waals surface area contributed by atoms with Crippen LogP contribution in [0.2, 0.25) is 0 Å². The van der Waals surface area contributed by atoms with E-state index in [0.29, 0.717) is 6.01 Å². The van der Waals surface area contributed by atoms with Crippen molar-refractivity contribution in [2.45, 2.75) is 12.8 Å². The summed E-state index contributed by atoms with van der Waals surface area (Å²) >= 11 is 0. The van der Waals surface area contributed by atoms with E-state index in [-0.39, 0.29) is 5.92 Å². The van der Waals surface area contributed by atoms with Crippen molar-refractivity contribution in [2.24, 2.45) is 5.92 Å². The Hall–Kier alpha value is -2.02. The zero-order chi connectivity index (χ0) is 11.7. The van der Waals surface area contributed by atoms with Crippen LogP contribution in [0.4, 0.5) is 6.01 Å². The molecule has 1 aromatic carbocycles. The van der Waals surface area contributed by atoms with Crippen LogP contribution in [0, 0.1) is 17.2 Å². The number of nitrogens with zero attached hydrogens (tertiary/aromatic N) is 3. The van der Waals surface area contributed by atoms with Crippen LogP contribution in [0.15, 0.2) is 28.7 Å². The fraction of sp³-hybridized carbons (Fsp3) is 0.385. The van der Waals surface area contributed by atoms with Crippen LogP contribution in [0.5, 0.6) is 0 Å². The summed E-state index contributed by atoms with van der Waals surface area (Å²) in [5, 5.41) is 8.85. The lowest BCUT2D eigenvalue weighted by Gasteiger charge is -2.27. The van der Waals surface area contributed by atoms with Gasteiger partial charge in [-0.3, -0.25) is 0 Å². The lowest BCUT2D eigenvalue weighted by molar-refractivity contribution is 0.455. The van der Waals surface area contributed by atoms with Gasteiger partial charge in [0, 0.05) is 19.0 Å². The maximum Gasteiger partial charge on any atom is 0.298 e. The van der Waals surface area contributed by atoms with Gasteiger partial charge in [0.2, 0.25) is 0 Å². The second-order valence-electron chi connectivity index (χ2n) is 4.35. The van der Waals surface area contributed by atoms with Gasteiger partial charge >= 0.3 is 0 Å². The molecule has 0 atom stereocenters. The maximum absolute atomic E-state index is 8.85. The molecule has 2 aromatic rings. The summed E-state index contributed by atoms with van der Waals surface area (Å²) in [6.07, 6.45) is 1.80. The number of hydrogen-bond donors (Lipinski definition) is 0. The van der Waals surface area contributed by atoms with Crippen LogP contribution < -0.4 is 4.90 Å². The van der Waals surface area contributed by atoms with Crippen molar-refractivity contribution in [3.8, 4) is 6.07 Å². The fourth-order valence-electron chi connectivity index (χ4n) is 2.20. The van der Waals surface area contributed by atoms with Crippen LogP contribution in [0.25, 0.3) is 11.1 Å². The quantitative estimate of drug-likeness (QED) is 0.751. The Morgan fingerprint density at radius 3 is 2.76 bits per heavy atom. The Labute approximate surface area is 99.5 Å². The summed E-state index contributed by atoms with van der Waals surface area (Å²) in [7, 11) is 0. The molecule has 1 aliphatic heterocycles. The zero-order valence-electron chi connectivity index (χ0n) is 9.47. The van der Waals surface area contributed by atoms with Crippen LogP contribution in [0.3, 0.4) is 0 Å². The zero-order valence-corrected chi connectivity index (χ0v) is 9.47. The minimum absolute atomic E-state index is 0.190. The van der Waals surface area contributed by atoms with E-state index in [2.05, 4.69) is 16.0 Å². The van der Waals surface area contributed by atoms with Crippen molar-refractivity contribution in [1.82, 2.24) is 4.98 Å². The van der Waals surface area contributed by atoms with Gasteiger partial charge in [0.05, 0.1) is 6.07 Å². The lowest BCUT2D eigenvalue weighted by atomic mass is 9.99. The molecule has 17 heavy (non-hydrogen) atoms. The molecule has 2 heterocycles. The second-order valence-corrected chi connectivity index (χ2v) is 4.35. The highest BCUT2D eigenvalue weighted by Gasteiger charge is 2.22. The van der Waals surface area contributed by atoms with Gasteiger partial charge in [-0.1, -0.05) is 12.1 Å². The largest absolute Gasteiger partial charge is 0.423 e. The van der Waals surface area contributed by atoms with Gasteiger partial charge in [-0.2, -0.15) is 10.2 Å². The standard InChI is InChI=1S/C13H13N3O/c14-9-10-5-7-16(8-6-10)13-15-11-3-1-2-4-12(11)17-13/h1-4,10H,5-8H2. The molecule has 0 N–H and O–H groups in total. The number of para-hydroxylation sites is 2. The van der Waals surface area contributed by atoms with Crippen molar-refractivity contribution >= 4 is 17.1 Å². The lowest BCUT2D eigenvalue weighted by Crippen LogP contribution is -2.33. The highest BCUT2D eigenvalue weighted by Crippen LogP contribution is 2.25. The van der Waals surface area contributed by atoms with Gasteiger partial charge in [0.25, 0.3) is 6.01 Å². The Bertz CT molecular complexity index is 528. The molecule has 0 unspecified atom stereocenters. The molecular weight excluding hydrogens is 214 g/mol. The molecule has 0 saturated carbocycles. The molecule has 0 amide bonds. The van der Waals surface area contributed by atoms with E-state index in [0.717, 1.165) is 37.0 Å². The molecule has 0 bridgehead atoms. The summed E-state index contributed by atoms with van der Waals surface area (Å²) in [6.45, 7) is 1.70. The summed E-state index contributed by atoms with van der Waals surface area (Å²) in [6, 6.07) is 10.8. The van der Waals surface area contributed by atoms with Gasteiger partial charge in [-0.15, -0.1) is 0 Å². The Kier molecular flexibility index (Phi) is 2.45. The molecule has 0 radical (unpaired) electrons. The van der Waals surface area contributed by atoms with Crippen molar-refractivity contribution in [3.63, 3.8) is 0 Å². The third-order valence-electron chi connectivity index (χ3n) is 3.23. The SMILES string of the molecule is N#CC1CCN(c2nc3ccccc3o2)CC1. The van der Waals surface area contributed by atoms with Crippen molar-refractivity contribution in [2.75, 3.05) is 18.0 Å². The highest BCUT2D eigenvalue weighted by atomic mass is 16.4. The maximum atomic E-state index is 8.85. The molecule has 3 rings (SSSR count). The average molecular weight is 227 g/mol. The van der Waals surface area contributed by atoms with Gasteiger partial charge in [0.15, 0.2) is 5.58 Å². The van der Waals surface area contributed by atoms with Crippen LogP contribution in [-0.2, 0) is 0 Å². The number of nitriles is 1. The van der Waals surface area contributed by atoms with Crippen LogP contribution >= 0.6 is 0 Å². The Balaban J connectivity index is 1.83. The predicted octanol–water partition coefficient (Wildman–Crippen LogP) is 2.57. The van der Waals surface area contributed by atoms with E-state index >= 15 is 0 Å². The summed E-state index contributed by atoms with van der Waals surface area (Å²) in [5.41, 5.74) is 1.72. The van der Waals surface area contributed by atoms with E-state index in [4.69, 9.17) is 9.68 Å². The number of oxazole rings is 1. The Morgan fingerprint density at radius 1 is 1.29 bits per heavy atom. The topological polar surface area (TPSA) is 53.1 Å². The third-order valence-corrected chi connectivity index (χ3v) is 3.23. The molecule has 1 aliphatic rings. The first kappa shape index (κ1) is 10.2. The van der Waals surface area contributed by atoms with Gasteiger partial charge in [-0.05, 0) is 25.0 Å². The van der Waals surface area contributed by atoms with Gasteiger partial charge < -0.3 is 9.32 Å². The first-order valence-corrected chi connectivity index (χ1v) is 5.87. The molecule has 1 saturated heterocycles. The monoisotopic (exact) mass is 227 g/mol. The number of hydrogen-bond acceptors (Lipinski definition) is 4. The van der Waals surface area contributed by atoms with Gasteiger partial charge in [0.1, 0.15) is 5.52 Å². The summed E-state index contributed by atoms with van der Waals surface area (Å²) in [4.78, 5) is 6.58. The minimum atomic E-state index is 0.190. The average Bonchev–Trinajstić information content (AvgIpc) is 2.82. The molecule has 4 nitrogen and oxygen atoms in total. The van der Waals surface area contributed by atoms with Crippen LogP contribution in [0.1, 0.15) is 12.8 Å². The fourth-order valence-corrected chi connectivity index (χ4v) is 2.20. The number of piperidine rings is 1. The van der Waals surface area contributed by atoms with Crippen molar-refractivity contribution in [1.29, 1.82) is 5.26 Å². The second kappa shape index (κ2) is 4.10. The first-order valence-electron chi connectivity index (χ1n) is 5.87. The molecule has 1 aromatic heterocycles. The smallest absolute Gasteiger partial charge is 0.298 e. The number of aromatic nitrogens is 1. The van der Waals surface area contributed by atoms with Crippen molar-refractivity contribution in [3.05, 3.63) is 24.3 Å². The predicted molar refractivity (Wildman–Crippen MR) is 64.6 cm³/mol. The minimum Gasteiger partial charge on any atom is -0.423 e. The summed E-state index contributed by atoms with van der Waals surface area (Å²) < 4.78 is 5.71. The highest BCUT2D eigenvalue weighted by molar-refractivity contribution is 5.74. The molecular formula is C13H13N3O. The number of rotatable bonds is 1. The molecule has 86 valence electrons. The molecule has 4 heteroatoms. The first-order chi connectivity index (χ1) is 8.36. The number of benzene rings is 1. The molecule has 0 spiro atoms. The van der Waals surface area contributed by atoms with E-state index in [9.17, 15) is 0 Å². The van der Waals surface area contributed by atoms with E-state index in [1.165, 1.54) is 0 Å². The number of anilines is 1. The van der Waals surface area contributed by atoms with E-state index < -0.39 is 0 Å². The van der Waals surface area contributed by atoms with E-state index in [1.807, 2.05) is 24.3 Å². The third kappa shape index (κ3) is 1.84. The van der Waals surface area contributed by atoms with E-state index in [1.54, 1.807) is 0 Å².